The molecule has 4 rings (SSSR count). The lowest BCUT2D eigenvalue weighted by molar-refractivity contribution is 0.0989. The summed E-state index contributed by atoms with van der Waals surface area (Å²) in [5, 5.41) is 0. The van der Waals surface area contributed by atoms with Crippen molar-refractivity contribution >= 4 is 37.3 Å². The largest absolute Gasteiger partial charge is 0.308 e. The van der Waals surface area contributed by atoms with Crippen LogP contribution in [-0.4, -0.2) is 59.5 Å². The summed E-state index contributed by atoms with van der Waals surface area (Å²) in [6, 6.07) is 10.0. The SMILES string of the molecule is CCN(CC)S(=O)(=O)c1ccc2c(c1)CCN2C(=O)c1ccc2c(c1)CCN2S(C)(=O)=O. The molecule has 0 saturated carbocycles. The zero-order valence-electron chi connectivity index (χ0n) is 18.4. The van der Waals surface area contributed by atoms with E-state index in [4.69, 9.17) is 0 Å². The molecule has 0 bridgehead atoms. The van der Waals surface area contributed by atoms with Gasteiger partial charge >= 0.3 is 0 Å². The van der Waals surface area contributed by atoms with Gasteiger partial charge < -0.3 is 4.90 Å². The maximum Gasteiger partial charge on any atom is 0.258 e. The number of carbonyl (C=O) groups excluding carboxylic acids is 1. The first-order valence-corrected chi connectivity index (χ1v) is 13.9. The lowest BCUT2D eigenvalue weighted by Crippen LogP contribution is -2.31. The van der Waals surface area contributed by atoms with Crippen molar-refractivity contribution in [2.24, 2.45) is 0 Å². The van der Waals surface area contributed by atoms with Crippen molar-refractivity contribution in [1.29, 1.82) is 0 Å². The molecule has 10 heteroatoms. The van der Waals surface area contributed by atoms with Crippen LogP contribution in [0.5, 0.6) is 0 Å². The molecule has 1 amide bonds. The van der Waals surface area contributed by atoms with E-state index in [9.17, 15) is 21.6 Å². The van der Waals surface area contributed by atoms with Gasteiger partial charge in [-0.05, 0) is 60.4 Å². The van der Waals surface area contributed by atoms with Crippen LogP contribution in [0, 0.1) is 0 Å². The zero-order valence-corrected chi connectivity index (χ0v) is 20.0. The Hall–Kier alpha value is -2.43. The van der Waals surface area contributed by atoms with Crippen LogP contribution < -0.4 is 9.21 Å². The highest BCUT2D eigenvalue weighted by molar-refractivity contribution is 7.92. The monoisotopic (exact) mass is 477 g/mol. The second-order valence-corrected chi connectivity index (χ2v) is 11.9. The number of rotatable bonds is 6. The van der Waals surface area contributed by atoms with Gasteiger partial charge in [0.15, 0.2) is 0 Å². The Morgan fingerprint density at radius 3 is 2.19 bits per heavy atom. The Morgan fingerprint density at radius 2 is 1.53 bits per heavy atom. The molecular weight excluding hydrogens is 450 g/mol. The van der Waals surface area contributed by atoms with Crippen LogP contribution in [0.4, 0.5) is 11.4 Å². The summed E-state index contributed by atoms with van der Waals surface area (Å²) in [4.78, 5) is 15.1. The Bertz CT molecular complexity index is 1280. The predicted octanol–water partition coefficient (Wildman–Crippen LogP) is 2.24. The molecule has 8 nitrogen and oxygen atoms in total. The van der Waals surface area contributed by atoms with E-state index in [1.807, 2.05) is 0 Å². The van der Waals surface area contributed by atoms with Crippen molar-refractivity contribution in [3.63, 3.8) is 0 Å². The van der Waals surface area contributed by atoms with Crippen molar-refractivity contribution < 1.29 is 21.6 Å². The van der Waals surface area contributed by atoms with Crippen LogP contribution in [-0.2, 0) is 32.9 Å². The molecule has 172 valence electrons. The molecular formula is C22H27N3O5S2. The minimum absolute atomic E-state index is 0.177. The van der Waals surface area contributed by atoms with Crippen molar-refractivity contribution in [2.45, 2.75) is 31.6 Å². The molecule has 2 heterocycles. The molecule has 2 aliphatic rings. The van der Waals surface area contributed by atoms with Crippen LogP contribution in [0.15, 0.2) is 41.3 Å². The number of sulfonamides is 2. The fourth-order valence-corrected chi connectivity index (χ4v) is 6.93. The number of hydrogen-bond acceptors (Lipinski definition) is 5. The Labute approximate surface area is 189 Å². The highest BCUT2D eigenvalue weighted by Crippen LogP contribution is 2.34. The molecule has 0 atom stereocenters. The number of nitrogens with zero attached hydrogens (tertiary/aromatic N) is 3. The normalized spacial score (nSPS) is 15.9. The average Bonchev–Trinajstić information content (AvgIpc) is 3.37. The molecule has 2 aromatic carbocycles. The number of benzene rings is 2. The third kappa shape index (κ3) is 3.80. The van der Waals surface area contributed by atoms with Crippen LogP contribution >= 0.6 is 0 Å². The van der Waals surface area contributed by atoms with Crippen LogP contribution in [0.1, 0.15) is 35.3 Å². The molecule has 0 saturated heterocycles. The zero-order chi connectivity index (χ0) is 23.3. The number of hydrogen-bond donors (Lipinski definition) is 0. The molecule has 0 unspecified atom stereocenters. The molecule has 2 aromatic rings. The summed E-state index contributed by atoms with van der Waals surface area (Å²) in [7, 11) is -6.91. The fourth-order valence-electron chi connectivity index (χ4n) is 4.47. The molecule has 2 aliphatic heterocycles. The Kier molecular flexibility index (Phi) is 5.81. The van der Waals surface area contributed by atoms with Gasteiger partial charge in [-0.15, -0.1) is 0 Å². The predicted molar refractivity (Wildman–Crippen MR) is 124 cm³/mol. The second-order valence-electron chi connectivity index (χ2n) is 8.02. The summed E-state index contributed by atoms with van der Waals surface area (Å²) in [5.41, 5.74) is 3.49. The lowest BCUT2D eigenvalue weighted by atomic mass is 10.1. The Balaban J connectivity index is 1.61. The first-order chi connectivity index (χ1) is 15.1. The lowest BCUT2D eigenvalue weighted by Gasteiger charge is -2.21. The van der Waals surface area contributed by atoms with E-state index in [1.165, 1.54) is 14.9 Å². The van der Waals surface area contributed by atoms with Crippen molar-refractivity contribution in [2.75, 3.05) is 41.6 Å². The third-order valence-electron chi connectivity index (χ3n) is 6.11. The number of amides is 1. The Morgan fingerprint density at radius 1 is 0.906 bits per heavy atom. The molecule has 32 heavy (non-hydrogen) atoms. The second kappa shape index (κ2) is 8.17. The van der Waals surface area contributed by atoms with Crippen molar-refractivity contribution in [3.8, 4) is 0 Å². The smallest absolute Gasteiger partial charge is 0.258 e. The van der Waals surface area contributed by atoms with Gasteiger partial charge in [-0.25, -0.2) is 16.8 Å². The number of fused-ring (bicyclic) bond motifs is 2. The van der Waals surface area contributed by atoms with Gasteiger partial charge in [-0.1, -0.05) is 13.8 Å². The molecule has 0 aliphatic carbocycles. The fraction of sp³-hybridized carbons (Fsp3) is 0.409. The van der Waals surface area contributed by atoms with Crippen molar-refractivity contribution in [1.82, 2.24) is 4.31 Å². The summed E-state index contributed by atoms with van der Waals surface area (Å²) >= 11 is 0. The first-order valence-electron chi connectivity index (χ1n) is 10.6. The highest BCUT2D eigenvalue weighted by Gasteiger charge is 2.31. The van der Waals surface area contributed by atoms with Gasteiger partial charge in [0, 0.05) is 37.4 Å². The van der Waals surface area contributed by atoms with Gasteiger partial charge in [-0.2, -0.15) is 4.31 Å². The maximum absolute atomic E-state index is 13.2. The maximum atomic E-state index is 13.2. The summed E-state index contributed by atoms with van der Waals surface area (Å²) in [6.45, 7) is 5.25. The average molecular weight is 478 g/mol. The van der Waals surface area contributed by atoms with Crippen LogP contribution in [0.3, 0.4) is 0 Å². The molecule has 0 fully saturated rings. The quantitative estimate of drug-likeness (QED) is 0.636. The summed E-state index contributed by atoms with van der Waals surface area (Å²) in [6.07, 6.45) is 2.32. The van der Waals surface area contributed by atoms with E-state index in [-0.39, 0.29) is 10.8 Å². The van der Waals surface area contributed by atoms with E-state index >= 15 is 0 Å². The molecule has 0 radical (unpaired) electrons. The summed E-state index contributed by atoms with van der Waals surface area (Å²) in [5.74, 6) is -0.177. The number of anilines is 2. The standard InChI is InChI=1S/C22H27N3O5S2/c1-4-23(5-2)32(29,30)19-7-9-20-17(15-19)10-12-24(20)22(26)18-6-8-21-16(14-18)11-13-25(21)31(3,27)28/h6-9,14-15H,4-5,10-13H2,1-3H3. The minimum Gasteiger partial charge on any atom is -0.308 e. The molecule has 0 N–H and O–H groups in total. The third-order valence-corrected chi connectivity index (χ3v) is 9.34. The van der Waals surface area contributed by atoms with E-state index in [0.29, 0.717) is 56.0 Å². The van der Waals surface area contributed by atoms with Gasteiger partial charge in [0.2, 0.25) is 20.0 Å². The molecule has 0 aromatic heterocycles. The van der Waals surface area contributed by atoms with Gasteiger partial charge in [0.05, 0.1) is 16.8 Å². The van der Waals surface area contributed by atoms with Crippen molar-refractivity contribution in [3.05, 3.63) is 53.1 Å². The molecule has 0 spiro atoms. The van der Waals surface area contributed by atoms with Gasteiger partial charge in [-0.3, -0.25) is 9.10 Å². The van der Waals surface area contributed by atoms with Gasteiger partial charge in [0.25, 0.3) is 5.91 Å². The number of carbonyl (C=O) groups is 1. The van der Waals surface area contributed by atoms with Crippen LogP contribution in [0.25, 0.3) is 0 Å². The van der Waals surface area contributed by atoms with E-state index in [2.05, 4.69) is 0 Å². The van der Waals surface area contributed by atoms with Crippen LogP contribution in [0.2, 0.25) is 0 Å². The van der Waals surface area contributed by atoms with Gasteiger partial charge in [0.1, 0.15) is 0 Å². The first kappa shape index (κ1) is 22.8. The summed E-state index contributed by atoms with van der Waals surface area (Å²) < 4.78 is 52.3. The van der Waals surface area contributed by atoms with E-state index in [1.54, 1.807) is 55.1 Å². The topological polar surface area (TPSA) is 95.1 Å². The highest BCUT2D eigenvalue weighted by atomic mass is 32.2. The van der Waals surface area contributed by atoms with E-state index < -0.39 is 20.0 Å². The minimum atomic E-state index is -3.56. The van der Waals surface area contributed by atoms with E-state index in [0.717, 1.165) is 11.1 Å².